The molecule has 0 atom stereocenters. The topological polar surface area (TPSA) is 74.1 Å². The van der Waals surface area contributed by atoms with E-state index in [0.29, 0.717) is 24.3 Å². The molecule has 0 aliphatic rings. The molecule has 0 radical (unpaired) electrons. The number of halogens is 6. The molecule has 1 amide bonds. The summed E-state index contributed by atoms with van der Waals surface area (Å²) in [5.74, 6) is -0.182. The molecule has 5 nitrogen and oxygen atoms in total. The van der Waals surface area contributed by atoms with Crippen molar-refractivity contribution in [1.82, 2.24) is 5.32 Å². The lowest BCUT2D eigenvalue weighted by Gasteiger charge is -2.14. The summed E-state index contributed by atoms with van der Waals surface area (Å²) in [5.41, 5.74) is -3.27. The number of ether oxygens (including phenoxy) is 1. The van der Waals surface area contributed by atoms with E-state index in [1.54, 1.807) is 30.3 Å². The van der Waals surface area contributed by atoms with E-state index >= 15 is 0 Å². The van der Waals surface area contributed by atoms with Gasteiger partial charge in [-0.2, -0.15) is 31.6 Å². The Morgan fingerprint density at radius 3 is 2.06 bits per heavy atom. The second kappa shape index (κ2) is 10.1. The molecule has 32 heavy (non-hydrogen) atoms. The zero-order chi connectivity index (χ0) is 23.9. The van der Waals surface area contributed by atoms with Gasteiger partial charge in [0.15, 0.2) is 0 Å². The molecule has 0 spiro atoms. The van der Waals surface area contributed by atoms with Crippen LogP contribution in [0, 0.1) is 11.3 Å². The fourth-order valence-corrected chi connectivity index (χ4v) is 2.55. The van der Waals surface area contributed by atoms with Crippen LogP contribution in [-0.4, -0.2) is 19.6 Å². The SMILES string of the molecule is COc1ccc(CCNC(=O)/C(C#N)=C\Nc2cc(C(F)(F)F)cc(C(F)(F)F)c2)cc1. The Morgan fingerprint density at radius 2 is 1.59 bits per heavy atom. The van der Waals surface area contributed by atoms with Gasteiger partial charge in [-0.3, -0.25) is 4.79 Å². The Bertz CT molecular complexity index is 990. The predicted molar refractivity (Wildman–Crippen MR) is 103 cm³/mol. The number of nitrogens with one attached hydrogen (secondary N) is 2. The highest BCUT2D eigenvalue weighted by Crippen LogP contribution is 2.37. The number of benzene rings is 2. The van der Waals surface area contributed by atoms with E-state index < -0.39 is 40.6 Å². The number of methoxy groups -OCH3 is 1. The average Bonchev–Trinajstić information content (AvgIpc) is 2.73. The van der Waals surface area contributed by atoms with Gasteiger partial charge in [0.05, 0.1) is 18.2 Å². The molecule has 0 fully saturated rings. The van der Waals surface area contributed by atoms with Crippen LogP contribution >= 0.6 is 0 Å². The summed E-state index contributed by atoms with van der Waals surface area (Å²) in [4.78, 5) is 12.1. The van der Waals surface area contributed by atoms with Crippen LogP contribution in [0.2, 0.25) is 0 Å². The molecule has 170 valence electrons. The maximum Gasteiger partial charge on any atom is 0.416 e. The van der Waals surface area contributed by atoms with Gasteiger partial charge in [-0.15, -0.1) is 0 Å². The van der Waals surface area contributed by atoms with Crippen LogP contribution in [0.15, 0.2) is 54.2 Å². The van der Waals surface area contributed by atoms with Gasteiger partial charge in [0, 0.05) is 18.4 Å². The van der Waals surface area contributed by atoms with Crippen molar-refractivity contribution >= 4 is 11.6 Å². The number of carbonyl (C=O) groups is 1. The monoisotopic (exact) mass is 457 g/mol. The highest BCUT2D eigenvalue weighted by Gasteiger charge is 2.36. The smallest absolute Gasteiger partial charge is 0.416 e. The van der Waals surface area contributed by atoms with Crippen molar-refractivity contribution in [2.75, 3.05) is 19.0 Å². The first-order valence-electron chi connectivity index (χ1n) is 9.01. The molecular weight excluding hydrogens is 440 g/mol. The van der Waals surface area contributed by atoms with Crippen molar-refractivity contribution in [2.24, 2.45) is 0 Å². The largest absolute Gasteiger partial charge is 0.497 e. The Kier molecular flexibility index (Phi) is 7.75. The molecule has 0 aliphatic carbocycles. The maximum absolute atomic E-state index is 12.9. The van der Waals surface area contributed by atoms with E-state index in [4.69, 9.17) is 10.00 Å². The third kappa shape index (κ3) is 6.94. The molecule has 0 unspecified atom stereocenters. The van der Waals surface area contributed by atoms with Crippen molar-refractivity contribution in [2.45, 2.75) is 18.8 Å². The summed E-state index contributed by atoms with van der Waals surface area (Å²) in [5, 5.41) is 13.7. The Balaban J connectivity index is 2.09. The van der Waals surface area contributed by atoms with Gasteiger partial charge in [-0.05, 0) is 42.3 Å². The third-order valence-electron chi connectivity index (χ3n) is 4.19. The molecular formula is C21H17F6N3O2. The number of rotatable bonds is 7. The molecule has 2 N–H and O–H groups in total. The van der Waals surface area contributed by atoms with Crippen LogP contribution < -0.4 is 15.4 Å². The highest BCUT2D eigenvalue weighted by atomic mass is 19.4. The van der Waals surface area contributed by atoms with Gasteiger partial charge < -0.3 is 15.4 Å². The van der Waals surface area contributed by atoms with Crippen LogP contribution in [0.1, 0.15) is 16.7 Å². The number of nitriles is 1. The molecule has 0 aromatic heterocycles. The summed E-state index contributed by atoms with van der Waals surface area (Å²) in [7, 11) is 1.52. The van der Waals surface area contributed by atoms with Crippen LogP contribution in [0.25, 0.3) is 0 Å². The minimum Gasteiger partial charge on any atom is -0.497 e. The molecule has 0 saturated heterocycles. The molecule has 2 aromatic carbocycles. The third-order valence-corrected chi connectivity index (χ3v) is 4.19. The first-order chi connectivity index (χ1) is 14.9. The Morgan fingerprint density at radius 1 is 1.03 bits per heavy atom. The fraction of sp³-hybridized carbons (Fsp3) is 0.238. The standard InChI is InChI=1S/C21H17F6N3O2/c1-32-18-4-2-13(3-5-18)6-7-29-19(31)14(11-28)12-30-17-9-15(20(22,23)24)8-16(10-17)21(25,26)27/h2-5,8-10,12,30H,6-7H2,1H3,(H,29,31)/b14-12-. The Labute approximate surface area is 179 Å². The first kappa shape index (κ1) is 24.6. The Hall–Kier alpha value is -3.68. The first-order valence-corrected chi connectivity index (χ1v) is 9.01. The van der Waals surface area contributed by atoms with E-state index in [2.05, 4.69) is 10.6 Å². The summed E-state index contributed by atoms with van der Waals surface area (Å²) in [6, 6.07) is 9.43. The van der Waals surface area contributed by atoms with Crippen LogP contribution in [0.3, 0.4) is 0 Å². The quantitative estimate of drug-likeness (QED) is 0.352. The van der Waals surface area contributed by atoms with Gasteiger partial charge in [-0.25, -0.2) is 0 Å². The van der Waals surface area contributed by atoms with E-state index in [1.807, 2.05) is 0 Å². The van der Waals surface area contributed by atoms with E-state index in [0.717, 1.165) is 11.8 Å². The number of alkyl halides is 6. The lowest BCUT2D eigenvalue weighted by molar-refractivity contribution is -0.143. The average molecular weight is 457 g/mol. The van der Waals surface area contributed by atoms with Gasteiger partial charge >= 0.3 is 12.4 Å². The maximum atomic E-state index is 12.9. The molecule has 2 rings (SSSR count). The van der Waals surface area contributed by atoms with Crippen molar-refractivity contribution in [3.63, 3.8) is 0 Å². The molecule has 0 saturated carbocycles. The molecule has 2 aromatic rings. The number of hydrogen-bond donors (Lipinski definition) is 2. The van der Waals surface area contributed by atoms with Gasteiger partial charge in [0.25, 0.3) is 5.91 Å². The van der Waals surface area contributed by atoms with Gasteiger partial charge in [-0.1, -0.05) is 12.1 Å². The minimum absolute atomic E-state index is 0.0218. The van der Waals surface area contributed by atoms with E-state index in [-0.39, 0.29) is 12.6 Å². The number of amides is 1. The number of carbonyl (C=O) groups excluding carboxylic acids is 1. The lowest BCUT2D eigenvalue weighted by Crippen LogP contribution is -2.27. The zero-order valence-corrected chi connectivity index (χ0v) is 16.6. The van der Waals surface area contributed by atoms with Crippen LogP contribution in [-0.2, 0) is 23.6 Å². The molecule has 0 aliphatic heterocycles. The molecule has 11 heteroatoms. The van der Waals surface area contributed by atoms with Gasteiger partial charge in [0.1, 0.15) is 17.4 Å². The zero-order valence-electron chi connectivity index (χ0n) is 16.6. The van der Waals surface area contributed by atoms with Gasteiger partial charge in [0.2, 0.25) is 0 Å². The summed E-state index contributed by atoms with van der Waals surface area (Å²) < 4.78 is 82.5. The highest BCUT2D eigenvalue weighted by molar-refractivity contribution is 5.97. The normalized spacial score (nSPS) is 12.1. The number of hydrogen-bond acceptors (Lipinski definition) is 4. The van der Waals surface area contributed by atoms with E-state index in [9.17, 15) is 31.1 Å². The van der Waals surface area contributed by atoms with Crippen LogP contribution in [0.4, 0.5) is 32.0 Å². The second-order valence-electron chi connectivity index (χ2n) is 6.46. The van der Waals surface area contributed by atoms with Crippen molar-refractivity contribution in [3.05, 3.63) is 70.9 Å². The predicted octanol–water partition coefficient (Wildman–Crippen LogP) is 4.91. The number of anilines is 1. The number of nitrogens with zero attached hydrogens (tertiary/aromatic N) is 1. The molecule has 0 heterocycles. The summed E-state index contributed by atoms with van der Waals surface area (Å²) >= 11 is 0. The van der Waals surface area contributed by atoms with Crippen molar-refractivity contribution in [3.8, 4) is 11.8 Å². The van der Waals surface area contributed by atoms with Crippen LogP contribution in [0.5, 0.6) is 5.75 Å². The second-order valence-corrected chi connectivity index (χ2v) is 6.46. The van der Waals surface area contributed by atoms with E-state index in [1.165, 1.54) is 7.11 Å². The minimum atomic E-state index is -5.02. The van der Waals surface area contributed by atoms with Crippen molar-refractivity contribution < 1.29 is 35.9 Å². The lowest BCUT2D eigenvalue weighted by atomic mass is 10.1. The fourth-order valence-electron chi connectivity index (χ4n) is 2.55. The van der Waals surface area contributed by atoms with Crippen molar-refractivity contribution in [1.29, 1.82) is 5.26 Å². The molecule has 0 bridgehead atoms. The summed E-state index contributed by atoms with van der Waals surface area (Å²) in [6.07, 6.45) is -8.86. The summed E-state index contributed by atoms with van der Waals surface area (Å²) in [6.45, 7) is 0.145.